The molecule has 0 spiro atoms. The zero-order chi connectivity index (χ0) is 13.0. The summed E-state index contributed by atoms with van der Waals surface area (Å²) in [7, 11) is 1.71. The fraction of sp³-hybridized carbons (Fsp3) is 0.769. The van der Waals surface area contributed by atoms with Crippen molar-refractivity contribution in [3.05, 3.63) is 16.9 Å². The molecular weight excluding hydrogens is 250 g/mol. The summed E-state index contributed by atoms with van der Waals surface area (Å²) in [5, 5.41) is 8.63. The minimum absolute atomic E-state index is 0.648. The lowest BCUT2D eigenvalue weighted by atomic mass is 9.91. The molecule has 1 aromatic heterocycles. The van der Waals surface area contributed by atoms with Crippen LogP contribution >= 0.6 is 11.6 Å². The van der Waals surface area contributed by atoms with Gasteiger partial charge in [0.05, 0.1) is 30.1 Å². The number of piperidine rings is 1. The Labute approximate surface area is 114 Å². The molecule has 2 rings (SSSR count). The predicted octanol–water partition coefficient (Wildman–Crippen LogP) is 2.11. The van der Waals surface area contributed by atoms with E-state index in [4.69, 9.17) is 16.3 Å². The first-order valence-corrected chi connectivity index (χ1v) is 7.01. The minimum Gasteiger partial charge on any atom is -0.383 e. The van der Waals surface area contributed by atoms with Crippen molar-refractivity contribution in [3.63, 3.8) is 0 Å². The van der Waals surface area contributed by atoms with Gasteiger partial charge < -0.3 is 10.1 Å². The van der Waals surface area contributed by atoms with Gasteiger partial charge in [0.2, 0.25) is 0 Å². The average molecular weight is 272 g/mol. The summed E-state index contributed by atoms with van der Waals surface area (Å²) in [6.45, 7) is 4.76. The maximum absolute atomic E-state index is 6.23. The summed E-state index contributed by atoms with van der Waals surface area (Å²) in [5.41, 5.74) is 1.15. The average Bonchev–Trinajstić information content (AvgIpc) is 2.71. The first-order valence-electron chi connectivity index (χ1n) is 6.63. The predicted molar refractivity (Wildman–Crippen MR) is 73.0 cm³/mol. The molecule has 1 aliphatic rings. The highest BCUT2D eigenvalue weighted by molar-refractivity contribution is 6.31. The molecule has 2 unspecified atom stereocenters. The number of halogens is 1. The number of rotatable bonds is 5. The molecule has 1 N–H and O–H groups in total. The van der Waals surface area contributed by atoms with Crippen molar-refractivity contribution in [1.82, 2.24) is 15.1 Å². The smallest absolute Gasteiger partial charge is 0.0817 e. The Hall–Kier alpha value is -0.580. The Morgan fingerprint density at radius 3 is 3.06 bits per heavy atom. The van der Waals surface area contributed by atoms with Gasteiger partial charge in [-0.15, -0.1) is 0 Å². The standard InChI is InChI=1S/C13H22ClN3O/c1-10-3-4-11(8-15-10)7-13-12(14)9-16-17(13)5-6-18-2/h9-11,15H,3-8H2,1-2H3. The maximum Gasteiger partial charge on any atom is 0.0817 e. The molecule has 0 radical (unpaired) electrons. The highest BCUT2D eigenvalue weighted by Crippen LogP contribution is 2.23. The molecule has 1 aromatic rings. The van der Waals surface area contributed by atoms with Crippen LogP contribution in [0.25, 0.3) is 0 Å². The van der Waals surface area contributed by atoms with Gasteiger partial charge in [-0.3, -0.25) is 4.68 Å². The van der Waals surface area contributed by atoms with Gasteiger partial charge in [0.15, 0.2) is 0 Å². The van der Waals surface area contributed by atoms with Gasteiger partial charge >= 0.3 is 0 Å². The zero-order valence-corrected chi connectivity index (χ0v) is 11.9. The topological polar surface area (TPSA) is 39.1 Å². The third-order valence-electron chi connectivity index (χ3n) is 3.65. The largest absolute Gasteiger partial charge is 0.383 e. The number of ether oxygens (including phenoxy) is 1. The number of nitrogens with one attached hydrogen (secondary N) is 1. The molecule has 1 fully saturated rings. The fourth-order valence-electron chi connectivity index (χ4n) is 2.47. The second kappa shape index (κ2) is 6.55. The summed E-state index contributed by atoms with van der Waals surface area (Å²) >= 11 is 6.23. The molecule has 0 saturated carbocycles. The molecule has 102 valence electrons. The second-order valence-corrected chi connectivity index (χ2v) is 5.52. The first kappa shape index (κ1) is 13.8. The van der Waals surface area contributed by atoms with Crippen LogP contribution in [0, 0.1) is 5.92 Å². The Morgan fingerprint density at radius 2 is 2.39 bits per heavy atom. The molecule has 1 saturated heterocycles. The van der Waals surface area contributed by atoms with Gasteiger partial charge in [0, 0.05) is 13.2 Å². The van der Waals surface area contributed by atoms with E-state index in [-0.39, 0.29) is 0 Å². The number of nitrogens with zero attached hydrogens (tertiary/aromatic N) is 2. The molecule has 1 aliphatic heterocycles. The van der Waals surface area contributed by atoms with Crippen LogP contribution in [0.1, 0.15) is 25.5 Å². The quantitative estimate of drug-likeness (QED) is 0.892. The Kier molecular flexibility index (Phi) is 5.03. The summed E-state index contributed by atoms with van der Waals surface area (Å²) in [5.74, 6) is 0.664. The van der Waals surface area contributed by atoms with E-state index in [1.54, 1.807) is 13.3 Å². The number of hydrogen-bond donors (Lipinski definition) is 1. The van der Waals surface area contributed by atoms with Gasteiger partial charge in [-0.25, -0.2) is 0 Å². The number of methoxy groups -OCH3 is 1. The van der Waals surface area contributed by atoms with Gasteiger partial charge in [-0.05, 0) is 38.6 Å². The number of hydrogen-bond acceptors (Lipinski definition) is 3. The molecule has 5 heteroatoms. The summed E-state index contributed by atoms with van der Waals surface area (Å²) in [6.07, 6.45) is 5.25. The zero-order valence-electron chi connectivity index (χ0n) is 11.2. The third-order valence-corrected chi connectivity index (χ3v) is 3.97. The molecule has 0 aliphatic carbocycles. The maximum atomic E-state index is 6.23. The van der Waals surface area contributed by atoms with Crippen molar-refractivity contribution in [2.45, 2.75) is 38.8 Å². The summed E-state index contributed by atoms with van der Waals surface area (Å²) in [6, 6.07) is 0.648. The van der Waals surface area contributed by atoms with Crippen molar-refractivity contribution in [2.75, 3.05) is 20.3 Å². The van der Waals surface area contributed by atoms with E-state index < -0.39 is 0 Å². The number of aromatic nitrogens is 2. The van der Waals surface area contributed by atoms with Crippen molar-refractivity contribution in [2.24, 2.45) is 5.92 Å². The molecule has 0 aromatic carbocycles. The van der Waals surface area contributed by atoms with Crippen molar-refractivity contribution in [1.29, 1.82) is 0 Å². The van der Waals surface area contributed by atoms with Crippen molar-refractivity contribution < 1.29 is 4.74 Å². The van der Waals surface area contributed by atoms with E-state index in [0.29, 0.717) is 18.6 Å². The van der Waals surface area contributed by atoms with Crippen molar-refractivity contribution in [3.8, 4) is 0 Å². The van der Waals surface area contributed by atoms with Gasteiger partial charge in [0.1, 0.15) is 0 Å². The third kappa shape index (κ3) is 3.46. The first-order chi connectivity index (χ1) is 8.70. The lowest BCUT2D eigenvalue weighted by Crippen LogP contribution is -2.37. The molecular formula is C13H22ClN3O. The Morgan fingerprint density at radius 1 is 1.56 bits per heavy atom. The molecule has 4 nitrogen and oxygen atoms in total. The van der Waals surface area contributed by atoms with E-state index >= 15 is 0 Å². The van der Waals surface area contributed by atoms with Gasteiger partial charge in [0.25, 0.3) is 0 Å². The lowest BCUT2D eigenvalue weighted by molar-refractivity contribution is 0.182. The van der Waals surface area contributed by atoms with E-state index in [2.05, 4.69) is 17.3 Å². The second-order valence-electron chi connectivity index (χ2n) is 5.11. The van der Waals surface area contributed by atoms with Crippen LogP contribution in [0.5, 0.6) is 0 Å². The summed E-state index contributed by atoms with van der Waals surface area (Å²) < 4.78 is 7.07. The van der Waals surface area contributed by atoms with Crippen LogP contribution in [-0.2, 0) is 17.7 Å². The molecule has 2 atom stereocenters. The lowest BCUT2D eigenvalue weighted by Gasteiger charge is -2.27. The SMILES string of the molecule is COCCn1ncc(Cl)c1CC1CCC(C)NC1. The van der Waals surface area contributed by atoms with Crippen LogP contribution in [0.15, 0.2) is 6.20 Å². The Balaban J connectivity index is 1.97. The van der Waals surface area contributed by atoms with E-state index in [9.17, 15) is 0 Å². The molecule has 18 heavy (non-hydrogen) atoms. The highest BCUT2D eigenvalue weighted by atomic mass is 35.5. The van der Waals surface area contributed by atoms with Crippen LogP contribution < -0.4 is 5.32 Å². The van der Waals surface area contributed by atoms with Crippen molar-refractivity contribution >= 4 is 11.6 Å². The highest BCUT2D eigenvalue weighted by Gasteiger charge is 2.20. The summed E-state index contributed by atoms with van der Waals surface area (Å²) in [4.78, 5) is 0. The fourth-order valence-corrected chi connectivity index (χ4v) is 2.68. The van der Waals surface area contributed by atoms with Gasteiger partial charge in [-0.2, -0.15) is 5.10 Å². The molecule has 0 bridgehead atoms. The Bertz CT molecular complexity index is 372. The normalized spacial score (nSPS) is 24.4. The van der Waals surface area contributed by atoms with Gasteiger partial charge in [-0.1, -0.05) is 11.6 Å². The minimum atomic E-state index is 0.648. The molecule has 2 heterocycles. The van der Waals surface area contributed by atoms with E-state index in [1.165, 1.54) is 12.8 Å². The van der Waals surface area contributed by atoms with Crippen LogP contribution in [0.2, 0.25) is 5.02 Å². The monoisotopic (exact) mass is 271 g/mol. The van der Waals surface area contributed by atoms with E-state index in [0.717, 1.165) is 30.2 Å². The van der Waals surface area contributed by atoms with E-state index in [1.807, 2.05) is 4.68 Å². The van der Waals surface area contributed by atoms with Crippen LogP contribution in [-0.4, -0.2) is 36.1 Å². The molecule has 0 amide bonds. The van der Waals surface area contributed by atoms with Crippen LogP contribution in [0.4, 0.5) is 0 Å². The van der Waals surface area contributed by atoms with Crippen LogP contribution in [0.3, 0.4) is 0 Å².